The summed E-state index contributed by atoms with van der Waals surface area (Å²) >= 11 is 0. The number of fused-ring (bicyclic) bond motifs is 1. The lowest BCUT2D eigenvalue weighted by Gasteiger charge is -2.15. The summed E-state index contributed by atoms with van der Waals surface area (Å²) in [4.78, 5) is 24.7. The van der Waals surface area contributed by atoms with E-state index < -0.39 is 18.0 Å². The Bertz CT molecular complexity index is 1020. The number of nitrogens with zero attached hydrogens (tertiary/aromatic N) is 2. The minimum absolute atomic E-state index is 0.0387. The summed E-state index contributed by atoms with van der Waals surface area (Å²) in [6, 6.07) is 5.74. The molecule has 0 aliphatic rings. The first-order valence-electron chi connectivity index (χ1n) is 9.28. The number of hydrogen-bond acceptors (Lipinski definition) is 5. The highest BCUT2D eigenvalue weighted by Crippen LogP contribution is 2.27. The fourth-order valence-electron chi connectivity index (χ4n) is 3.03. The second-order valence-corrected chi connectivity index (χ2v) is 7.20. The number of aryl methyl sites for hydroxylation is 2. The van der Waals surface area contributed by atoms with E-state index in [2.05, 4.69) is 10.4 Å². The summed E-state index contributed by atoms with van der Waals surface area (Å²) in [6.45, 7) is 9.47. The minimum Gasteiger partial charge on any atom is -0.464 e. The van der Waals surface area contributed by atoms with Gasteiger partial charge in [0.15, 0.2) is 6.10 Å². The van der Waals surface area contributed by atoms with Crippen molar-refractivity contribution in [3.8, 4) is 0 Å². The number of aromatic nitrogens is 2. The molecule has 3 aromatic rings. The Morgan fingerprint density at radius 2 is 1.96 bits per heavy atom. The number of amides is 1. The molecule has 0 unspecified atom stereocenters. The van der Waals surface area contributed by atoms with Gasteiger partial charge in [-0.15, -0.1) is 0 Å². The molecule has 0 aliphatic carbocycles. The highest BCUT2D eigenvalue weighted by molar-refractivity contribution is 5.95. The van der Waals surface area contributed by atoms with Crippen LogP contribution in [0.25, 0.3) is 11.0 Å². The van der Waals surface area contributed by atoms with E-state index in [0.29, 0.717) is 5.82 Å². The molecule has 28 heavy (non-hydrogen) atoms. The van der Waals surface area contributed by atoms with E-state index in [1.807, 2.05) is 39.8 Å². The minimum atomic E-state index is -0.926. The number of carbonyl (C=O) groups excluding carboxylic acids is 2. The zero-order chi connectivity index (χ0) is 20.4. The van der Waals surface area contributed by atoms with E-state index >= 15 is 0 Å². The molecule has 0 aliphatic heterocycles. The summed E-state index contributed by atoms with van der Waals surface area (Å²) in [5.74, 6) is -0.324. The zero-order valence-corrected chi connectivity index (χ0v) is 16.8. The SMILES string of the molecule is Cc1ccc2c(CC(=O)O[C@H](C)C(=O)Nc3ccnn3C(C)C)coc2c1C. The standard InChI is InChI=1S/C21H25N3O4/c1-12(2)24-18(8-9-22-24)23-21(26)15(5)28-19(25)10-16-11-27-20-14(4)13(3)6-7-17(16)20/h6-9,11-12,15H,10H2,1-5H3,(H,23,26)/t15-/m1/s1. The molecule has 1 atom stereocenters. The molecule has 148 valence electrons. The Labute approximate surface area is 163 Å². The summed E-state index contributed by atoms with van der Waals surface area (Å²) in [5, 5.41) is 7.80. The highest BCUT2D eigenvalue weighted by Gasteiger charge is 2.21. The molecule has 2 aromatic heterocycles. The van der Waals surface area contributed by atoms with Crippen molar-refractivity contribution in [3.63, 3.8) is 0 Å². The van der Waals surface area contributed by atoms with E-state index in [4.69, 9.17) is 9.15 Å². The van der Waals surface area contributed by atoms with Crippen LogP contribution in [0.3, 0.4) is 0 Å². The monoisotopic (exact) mass is 383 g/mol. The third-order valence-corrected chi connectivity index (χ3v) is 4.76. The van der Waals surface area contributed by atoms with Gasteiger partial charge < -0.3 is 14.5 Å². The molecule has 3 rings (SSSR count). The lowest BCUT2D eigenvalue weighted by atomic mass is 10.0. The molecule has 0 fully saturated rings. The number of rotatable bonds is 6. The van der Waals surface area contributed by atoms with E-state index in [9.17, 15) is 9.59 Å². The Kier molecular flexibility index (Phi) is 5.53. The van der Waals surface area contributed by atoms with Crippen molar-refractivity contribution >= 4 is 28.7 Å². The van der Waals surface area contributed by atoms with Crippen LogP contribution >= 0.6 is 0 Å². The van der Waals surface area contributed by atoms with Crippen LogP contribution in [-0.2, 0) is 20.7 Å². The zero-order valence-electron chi connectivity index (χ0n) is 16.8. The van der Waals surface area contributed by atoms with E-state index in [1.165, 1.54) is 0 Å². The third kappa shape index (κ3) is 3.93. The predicted molar refractivity (Wildman–Crippen MR) is 106 cm³/mol. The molecule has 7 nitrogen and oxygen atoms in total. The summed E-state index contributed by atoms with van der Waals surface area (Å²) < 4.78 is 12.6. The van der Waals surface area contributed by atoms with Crippen LogP contribution in [0.15, 0.2) is 35.1 Å². The smallest absolute Gasteiger partial charge is 0.311 e. The van der Waals surface area contributed by atoms with Crippen molar-refractivity contribution in [1.29, 1.82) is 0 Å². The second kappa shape index (κ2) is 7.88. The number of esters is 1. The fraction of sp³-hybridized carbons (Fsp3) is 0.381. The maximum Gasteiger partial charge on any atom is 0.311 e. The fourth-order valence-corrected chi connectivity index (χ4v) is 3.03. The van der Waals surface area contributed by atoms with Crippen LogP contribution in [0.2, 0.25) is 0 Å². The van der Waals surface area contributed by atoms with Gasteiger partial charge in [-0.2, -0.15) is 5.10 Å². The topological polar surface area (TPSA) is 86.4 Å². The summed E-state index contributed by atoms with van der Waals surface area (Å²) in [6.07, 6.45) is 2.30. The average Bonchev–Trinajstić information content (AvgIpc) is 3.25. The first-order valence-corrected chi connectivity index (χ1v) is 9.28. The molecule has 1 amide bonds. The van der Waals surface area contributed by atoms with Gasteiger partial charge in [0.2, 0.25) is 0 Å². The van der Waals surface area contributed by atoms with Gasteiger partial charge in [0.05, 0.1) is 18.9 Å². The van der Waals surface area contributed by atoms with Crippen LogP contribution in [0, 0.1) is 13.8 Å². The third-order valence-electron chi connectivity index (χ3n) is 4.76. The molecule has 0 saturated heterocycles. The molecule has 0 bridgehead atoms. The maximum atomic E-state index is 12.4. The maximum absolute atomic E-state index is 12.4. The molecule has 7 heteroatoms. The molecule has 1 N–H and O–H groups in total. The van der Waals surface area contributed by atoms with Gasteiger partial charge >= 0.3 is 5.97 Å². The second-order valence-electron chi connectivity index (χ2n) is 7.20. The van der Waals surface area contributed by atoms with Crippen LogP contribution in [-0.4, -0.2) is 27.8 Å². The number of carbonyl (C=O) groups is 2. The lowest BCUT2D eigenvalue weighted by molar-refractivity contribution is -0.152. The van der Waals surface area contributed by atoms with Gasteiger partial charge in [-0.1, -0.05) is 12.1 Å². The van der Waals surface area contributed by atoms with Crippen LogP contribution in [0.5, 0.6) is 0 Å². The first-order chi connectivity index (χ1) is 13.3. The molecular weight excluding hydrogens is 358 g/mol. The van der Waals surface area contributed by atoms with Crippen molar-refractivity contribution in [3.05, 3.63) is 47.3 Å². The largest absolute Gasteiger partial charge is 0.464 e. The normalized spacial score (nSPS) is 12.4. The number of benzene rings is 1. The van der Waals surface area contributed by atoms with Crippen molar-refractivity contribution in [2.75, 3.05) is 5.32 Å². The Morgan fingerprint density at radius 3 is 2.68 bits per heavy atom. The van der Waals surface area contributed by atoms with Gasteiger partial charge in [0.25, 0.3) is 5.91 Å². The molecule has 1 aromatic carbocycles. The van der Waals surface area contributed by atoms with Gasteiger partial charge in [-0.05, 0) is 45.7 Å². The lowest BCUT2D eigenvalue weighted by Crippen LogP contribution is -2.31. The van der Waals surface area contributed by atoms with Crippen LogP contribution in [0.4, 0.5) is 5.82 Å². The summed E-state index contributed by atoms with van der Waals surface area (Å²) in [7, 11) is 0. The van der Waals surface area contributed by atoms with Gasteiger partial charge in [-0.25, -0.2) is 4.68 Å². The van der Waals surface area contributed by atoms with Crippen molar-refractivity contribution < 1.29 is 18.7 Å². The molecule has 2 heterocycles. The van der Waals surface area contributed by atoms with Crippen LogP contribution < -0.4 is 5.32 Å². The van der Waals surface area contributed by atoms with E-state index in [1.54, 1.807) is 30.1 Å². The summed E-state index contributed by atoms with van der Waals surface area (Å²) in [5.41, 5.74) is 3.69. The molecular formula is C21H25N3O4. The first kappa shape index (κ1) is 19.7. The van der Waals surface area contributed by atoms with Crippen molar-refractivity contribution in [1.82, 2.24) is 9.78 Å². The van der Waals surface area contributed by atoms with Crippen molar-refractivity contribution in [2.24, 2.45) is 0 Å². The Balaban J connectivity index is 1.64. The Morgan fingerprint density at radius 1 is 1.21 bits per heavy atom. The number of hydrogen-bond donors (Lipinski definition) is 1. The predicted octanol–water partition coefficient (Wildman–Crippen LogP) is 3.94. The molecule has 0 saturated carbocycles. The van der Waals surface area contributed by atoms with E-state index in [-0.39, 0.29) is 12.5 Å². The highest BCUT2D eigenvalue weighted by atomic mass is 16.5. The van der Waals surface area contributed by atoms with E-state index in [0.717, 1.165) is 27.7 Å². The van der Waals surface area contributed by atoms with Gasteiger partial charge in [0.1, 0.15) is 11.4 Å². The van der Waals surface area contributed by atoms with Crippen LogP contribution in [0.1, 0.15) is 43.5 Å². The molecule has 0 spiro atoms. The molecule has 0 radical (unpaired) electrons. The Hall–Kier alpha value is -3.09. The number of anilines is 1. The number of nitrogens with one attached hydrogen (secondary N) is 1. The van der Waals surface area contributed by atoms with Gasteiger partial charge in [0, 0.05) is 23.1 Å². The number of ether oxygens (including phenoxy) is 1. The van der Waals surface area contributed by atoms with Gasteiger partial charge in [-0.3, -0.25) is 9.59 Å². The van der Waals surface area contributed by atoms with Crippen molar-refractivity contribution in [2.45, 2.75) is 53.2 Å². The number of furan rings is 1. The average molecular weight is 383 g/mol. The quantitative estimate of drug-likeness (QED) is 0.652.